The highest BCUT2D eigenvalue weighted by Gasteiger charge is 2.16. The van der Waals surface area contributed by atoms with Crippen LogP contribution in [0.3, 0.4) is 0 Å². The molecule has 0 unspecified atom stereocenters. The van der Waals surface area contributed by atoms with Gasteiger partial charge < -0.3 is 0 Å². The summed E-state index contributed by atoms with van der Waals surface area (Å²) in [5.41, 5.74) is 4.03. The van der Waals surface area contributed by atoms with E-state index < -0.39 is 0 Å². The van der Waals surface area contributed by atoms with Crippen LogP contribution in [-0.2, 0) is 6.54 Å². The maximum absolute atomic E-state index is 3.99. The standard InChI is InChI=1S/C16H24N2/c1-14(2)12-17-8-10-18(11-9-17)13-16-6-4-15(3)5-7-16/h4-7H,1,8-13H2,2-3H3. The topological polar surface area (TPSA) is 6.48 Å². The molecule has 1 saturated heterocycles. The first kappa shape index (κ1) is 13.3. The van der Waals surface area contributed by atoms with E-state index in [9.17, 15) is 0 Å². The Bertz CT molecular complexity index is 386. The number of piperazine rings is 1. The minimum Gasteiger partial charge on any atom is -0.297 e. The minimum absolute atomic E-state index is 1.05. The highest BCUT2D eigenvalue weighted by atomic mass is 15.3. The van der Waals surface area contributed by atoms with Crippen LogP contribution in [0, 0.1) is 6.92 Å². The van der Waals surface area contributed by atoms with Crippen LogP contribution < -0.4 is 0 Å². The third kappa shape index (κ3) is 3.97. The van der Waals surface area contributed by atoms with E-state index in [1.807, 2.05) is 0 Å². The zero-order valence-corrected chi connectivity index (χ0v) is 11.7. The van der Waals surface area contributed by atoms with Crippen molar-refractivity contribution in [2.75, 3.05) is 32.7 Å². The Labute approximate surface area is 111 Å². The molecule has 2 heteroatoms. The molecule has 0 N–H and O–H groups in total. The van der Waals surface area contributed by atoms with Gasteiger partial charge in [-0.05, 0) is 19.4 Å². The van der Waals surface area contributed by atoms with Crippen molar-refractivity contribution in [1.82, 2.24) is 9.80 Å². The van der Waals surface area contributed by atoms with Gasteiger partial charge in [0.05, 0.1) is 0 Å². The number of rotatable bonds is 4. The van der Waals surface area contributed by atoms with Crippen LogP contribution in [-0.4, -0.2) is 42.5 Å². The van der Waals surface area contributed by atoms with E-state index in [1.54, 1.807) is 0 Å². The quantitative estimate of drug-likeness (QED) is 0.751. The third-order valence-electron chi connectivity index (χ3n) is 3.49. The van der Waals surface area contributed by atoms with Gasteiger partial charge in [0.2, 0.25) is 0 Å². The van der Waals surface area contributed by atoms with Gasteiger partial charge >= 0.3 is 0 Å². The van der Waals surface area contributed by atoms with E-state index in [1.165, 1.54) is 42.9 Å². The molecule has 1 aliphatic heterocycles. The monoisotopic (exact) mass is 244 g/mol. The average molecular weight is 244 g/mol. The molecule has 0 atom stereocenters. The van der Waals surface area contributed by atoms with Gasteiger partial charge in [-0.2, -0.15) is 0 Å². The van der Waals surface area contributed by atoms with Crippen LogP contribution in [0.25, 0.3) is 0 Å². The van der Waals surface area contributed by atoms with E-state index in [0.717, 1.165) is 13.1 Å². The summed E-state index contributed by atoms with van der Waals surface area (Å²) < 4.78 is 0. The summed E-state index contributed by atoms with van der Waals surface area (Å²) in [6.07, 6.45) is 0. The third-order valence-corrected chi connectivity index (χ3v) is 3.49. The normalized spacial score (nSPS) is 17.9. The van der Waals surface area contributed by atoms with Crippen molar-refractivity contribution in [1.29, 1.82) is 0 Å². The van der Waals surface area contributed by atoms with Gasteiger partial charge in [0, 0.05) is 39.3 Å². The average Bonchev–Trinajstić information content (AvgIpc) is 2.34. The lowest BCUT2D eigenvalue weighted by atomic mass is 10.1. The first-order valence-corrected chi connectivity index (χ1v) is 6.78. The molecular formula is C16H24N2. The van der Waals surface area contributed by atoms with E-state index in [4.69, 9.17) is 0 Å². The Morgan fingerprint density at radius 1 is 1.06 bits per heavy atom. The molecule has 1 aromatic rings. The summed E-state index contributed by atoms with van der Waals surface area (Å²) in [5, 5.41) is 0. The maximum Gasteiger partial charge on any atom is 0.0234 e. The lowest BCUT2D eigenvalue weighted by molar-refractivity contribution is 0.135. The van der Waals surface area contributed by atoms with Crippen LogP contribution in [0.1, 0.15) is 18.1 Å². The molecule has 1 fully saturated rings. The van der Waals surface area contributed by atoms with Crippen molar-refractivity contribution >= 4 is 0 Å². The Hall–Kier alpha value is -1.12. The predicted molar refractivity (Wildman–Crippen MR) is 77.7 cm³/mol. The fraction of sp³-hybridized carbons (Fsp3) is 0.500. The SMILES string of the molecule is C=C(C)CN1CCN(Cc2ccc(C)cc2)CC1. The molecule has 2 rings (SSSR count). The van der Waals surface area contributed by atoms with Gasteiger partial charge in [0.15, 0.2) is 0 Å². The van der Waals surface area contributed by atoms with Crippen LogP contribution in [0.5, 0.6) is 0 Å². The second-order valence-corrected chi connectivity index (χ2v) is 5.50. The second kappa shape index (κ2) is 6.17. The number of nitrogens with zero attached hydrogens (tertiary/aromatic N) is 2. The number of benzene rings is 1. The highest BCUT2D eigenvalue weighted by Crippen LogP contribution is 2.10. The summed E-state index contributed by atoms with van der Waals surface area (Å²) in [5.74, 6) is 0. The summed E-state index contributed by atoms with van der Waals surface area (Å²) in [7, 11) is 0. The van der Waals surface area contributed by atoms with Gasteiger partial charge in [-0.25, -0.2) is 0 Å². The Morgan fingerprint density at radius 3 is 2.17 bits per heavy atom. The molecule has 18 heavy (non-hydrogen) atoms. The molecule has 0 spiro atoms. The van der Waals surface area contributed by atoms with Crippen LogP contribution in [0.15, 0.2) is 36.4 Å². The molecule has 0 bridgehead atoms. The summed E-state index contributed by atoms with van der Waals surface area (Å²) in [6.45, 7) is 15.0. The van der Waals surface area contributed by atoms with Gasteiger partial charge in [-0.3, -0.25) is 9.80 Å². The second-order valence-electron chi connectivity index (χ2n) is 5.50. The fourth-order valence-electron chi connectivity index (χ4n) is 2.44. The Kier molecular flexibility index (Phi) is 4.56. The van der Waals surface area contributed by atoms with E-state index in [2.05, 4.69) is 54.5 Å². The van der Waals surface area contributed by atoms with Gasteiger partial charge in [0.1, 0.15) is 0 Å². The molecule has 1 aliphatic rings. The minimum atomic E-state index is 1.05. The van der Waals surface area contributed by atoms with Crippen molar-refractivity contribution in [3.05, 3.63) is 47.5 Å². The Morgan fingerprint density at radius 2 is 1.61 bits per heavy atom. The van der Waals surface area contributed by atoms with E-state index in [-0.39, 0.29) is 0 Å². The first-order valence-electron chi connectivity index (χ1n) is 6.78. The number of hydrogen-bond acceptors (Lipinski definition) is 2. The predicted octanol–water partition coefficient (Wildman–Crippen LogP) is 2.69. The number of aryl methyl sites for hydroxylation is 1. The van der Waals surface area contributed by atoms with Crippen LogP contribution >= 0.6 is 0 Å². The van der Waals surface area contributed by atoms with Crippen LogP contribution in [0.2, 0.25) is 0 Å². The summed E-state index contributed by atoms with van der Waals surface area (Å²) in [4.78, 5) is 5.04. The van der Waals surface area contributed by atoms with Crippen molar-refractivity contribution < 1.29 is 0 Å². The van der Waals surface area contributed by atoms with Crippen molar-refractivity contribution in [2.45, 2.75) is 20.4 Å². The summed E-state index contributed by atoms with van der Waals surface area (Å²) in [6, 6.07) is 8.89. The molecule has 1 aromatic carbocycles. The number of hydrogen-bond donors (Lipinski definition) is 0. The molecule has 0 radical (unpaired) electrons. The highest BCUT2D eigenvalue weighted by molar-refractivity contribution is 5.21. The molecular weight excluding hydrogens is 220 g/mol. The maximum atomic E-state index is 3.99. The van der Waals surface area contributed by atoms with Crippen molar-refractivity contribution in [3.63, 3.8) is 0 Å². The smallest absolute Gasteiger partial charge is 0.0234 e. The largest absolute Gasteiger partial charge is 0.297 e. The molecule has 98 valence electrons. The van der Waals surface area contributed by atoms with Gasteiger partial charge in [0.25, 0.3) is 0 Å². The zero-order chi connectivity index (χ0) is 13.0. The lowest BCUT2D eigenvalue weighted by Crippen LogP contribution is -2.46. The molecule has 0 saturated carbocycles. The molecule has 0 aliphatic carbocycles. The molecule has 0 aromatic heterocycles. The van der Waals surface area contributed by atoms with Crippen molar-refractivity contribution in [3.8, 4) is 0 Å². The zero-order valence-electron chi connectivity index (χ0n) is 11.7. The van der Waals surface area contributed by atoms with Gasteiger partial charge in [-0.1, -0.05) is 42.0 Å². The van der Waals surface area contributed by atoms with Crippen LogP contribution in [0.4, 0.5) is 0 Å². The van der Waals surface area contributed by atoms with E-state index >= 15 is 0 Å². The first-order chi connectivity index (χ1) is 8.63. The molecule has 2 nitrogen and oxygen atoms in total. The molecule has 0 amide bonds. The molecule has 1 heterocycles. The van der Waals surface area contributed by atoms with Crippen molar-refractivity contribution in [2.24, 2.45) is 0 Å². The van der Waals surface area contributed by atoms with E-state index in [0.29, 0.717) is 0 Å². The lowest BCUT2D eigenvalue weighted by Gasteiger charge is -2.34. The summed E-state index contributed by atoms with van der Waals surface area (Å²) >= 11 is 0. The van der Waals surface area contributed by atoms with Gasteiger partial charge in [-0.15, -0.1) is 0 Å². The Balaban J connectivity index is 1.79. The fourth-order valence-corrected chi connectivity index (χ4v) is 2.44.